The van der Waals surface area contributed by atoms with Crippen molar-refractivity contribution in [2.75, 3.05) is 26.3 Å². The Balaban J connectivity index is 0.00000176. The number of carbonyl (C=O) groups excluding carboxylic acids is 1. The van der Waals surface area contributed by atoms with Crippen LogP contribution in [0.1, 0.15) is 24.0 Å². The highest BCUT2D eigenvalue weighted by Gasteiger charge is 2.42. The van der Waals surface area contributed by atoms with E-state index in [0.29, 0.717) is 26.3 Å². The zero-order valence-electron chi connectivity index (χ0n) is 12.5. The Morgan fingerprint density at radius 3 is 2.77 bits per heavy atom. The summed E-state index contributed by atoms with van der Waals surface area (Å²) in [5.41, 5.74) is 8.11. The fourth-order valence-electron chi connectivity index (χ4n) is 3.34. The smallest absolute Gasteiger partial charge is 0.230 e. The molecule has 3 rings (SSSR count). The molecule has 6 heteroatoms. The number of hydrogen-bond donors (Lipinski definition) is 1. The van der Waals surface area contributed by atoms with Gasteiger partial charge in [0.15, 0.2) is 0 Å². The zero-order chi connectivity index (χ0) is 14.9. The molecule has 0 unspecified atom stereocenters. The van der Waals surface area contributed by atoms with E-state index < -0.39 is 5.41 Å². The fourth-order valence-corrected chi connectivity index (χ4v) is 3.94. The maximum Gasteiger partial charge on any atom is 0.230 e. The number of fused-ring (bicyclic) bond motifs is 1. The average molecular weight is 390 g/mol. The summed E-state index contributed by atoms with van der Waals surface area (Å²) in [7, 11) is 0. The van der Waals surface area contributed by atoms with E-state index in [1.807, 2.05) is 11.0 Å². The Hall–Kier alpha value is -0.620. The lowest BCUT2D eigenvalue weighted by molar-refractivity contribution is -0.148. The van der Waals surface area contributed by atoms with E-state index in [2.05, 4.69) is 28.1 Å². The summed E-state index contributed by atoms with van der Waals surface area (Å²) in [5.74, 6) is 0.207. The summed E-state index contributed by atoms with van der Waals surface area (Å²) in [5, 5.41) is 0. The Kier molecular flexibility index (Phi) is 5.88. The maximum absolute atomic E-state index is 13.0. The predicted octanol–water partition coefficient (Wildman–Crippen LogP) is 2.51. The number of carbonyl (C=O) groups is 1. The standard InChI is InChI=1S/C16H21BrN2O2.ClH/c17-14-3-1-2-12-10-19(7-4-13(12)14)15(20)16(11-18)5-8-21-9-6-16;/h1-3H,4-11,18H2;1H. The van der Waals surface area contributed by atoms with Crippen molar-refractivity contribution in [3.05, 3.63) is 33.8 Å². The first-order valence-corrected chi connectivity index (χ1v) is 8.29. The van der Waals surface area contributed by atoms with Gasteiger partial charge in [-0.1, -0.05) is 28.1 Å². The summed E-state index contributed by atoms with van der Waals surface area (Å²) in [6, 6.07) is 6.21. The molecule has 122 valence electrons. The van der Waals surface area contributed by atoms with Gasteiger partial charge in [-0.15, -0.1) is 12.4 Å². The van der Waals surface area contributed by atoms with Crippen LogP contribution in [0, 0.1) is 5.41 Å². The quantitative estimate of drug-likeness (QED) is 0.845. The molecule has 0 saturated carbocycles. The molecule has 1 aromatic carbocycles. The topological polar surface area (TPSA) is 55.6 Å². The maximum atomic E-state index is 13.0. The lowest BCUT2D eigenvalue weighted by atomic mass is 9.78. The molecule has 0 spiro atoms. The van der Waals surface area contributed by atoms with Gasteiger partial charge in [0, 0.05) is 37.3 Å². The van der Waals surface area contributed by atoms with Gasteiger partial charge in [-0.3, -0.25) is 4.79 Å². The van der Waals surface area contributed by atoms with Gasteiger partial charge in [-0.25, -0.2) is 0 Å². The minimum atomic E-state index is -0.415. The second kappa shape index (κ2) is 7.30. The molecule has 2 aliphatic rings. The highest BCUT2D eigenvalue weighted by molar-refractivity contribution is 9.10. The molecule has 1 saturated heterocycles. The molecule has 2 heterocycles. The van der Waals surface area contributed by atoms with E-state index in [-0.39, 0.29) is 18.3 Å². The minimum Gasteiger partial charge on any atom is -0.381 e. The largest absolute Gasteiger partial charge is 0.381 e. The first-order chi connectivity index (χ1) is 10.2. The summed E-state index contributed by atoms with van der Waals surface area (Å²) < 4.78 is 6.55. The van der Waals surface area contributed by atoms with Crippen molar-refractivity contribution in [3.8, 4) is 0 Å². The monoisotopic (exact) mass is 388 g/mol. The van der Waals surface area contributed by atoms with Crippen LogP contribution in [-0.4, -0.2) is 37.1 Å². The van der Waals surface area contributed by atoms with Gasteiger partial charge in [0.05, 0.1) is 5.41 Å². The first kappa shape index (κ1) is 17.7. The van der Waals surface area contributed by atoms with Crippen molar-refractivity contribution in [1.29, 1.82) is 0 Å². The third kappa shape index (κ3) is 3.18. The van der Waals surface area contributed by atoms with Gasteiger partial charge < -0.3 is 15.4 Å². The van der Waals surface area contributed by atoms with Crippen LogP contribution in [0.15, 0.2) is 22.7 Å². The second-order valence-electron chi connectivity index (χ2n) is 5.95. The minimum absolute atomic E-state index is 0. The first-order valence-electron chi connectivity index (χ1n) is 7.50. The summed E-state index contributed by atoms with van der Waals surface area (Å²) in [6.45, 7) is 3.15. The van der Waals surface area contributed by atoms with Crippen molar-refractivity contribution >= 4 is 34.2 Å². The van der Waals surface area contributed by atoms with Crippen LogP contribution in [0.25, 0.3) is 0 Å². The highest BCUT2D eigenvalue weighted by atomic mass is 79.9. The molecular weight excluding hydrogens is 368 g/mol. The number of hydrogen-bond acceptors (Lipinski definition) is 3. The molecule has 0 atom stereocenters. The highest BCUT2D eigenvalue weighted by Crippen LogP contribution is 2.34. The van der Waals surface area contributed by atoms with Gasteiger partial charge in [-0.2, -0.15) is 0 Å². The lowest BCUT2D eigenvalue weighted by Crippen LogP contribution is -2.51. The van der Waals surface area contributed by atoms with Crippen LogP contribution in [-0.2, 0) is 22.5 Å². The van der Waals surface area contributed by atoms with E-state index in [1.54, 1.807) is 0 Å². The Morgan fingerprint density at radius 1 is 1.36 bits per heavy atom. The number of nitrogens with two attached hydrogens (primary N) is 1. The summed E-state index contributed by atoms with van der Waals surface area (Å²) >= 11 is 3.60. The fraction of sp³-hybridized carbons (Fsp3) is 0.562. The van der Waals surface area contributed by atoms with Gasteiger partial charge in [-0.05, 0) is 36.5 Å². The number of ether oxygens (including phenoxy) is 1. The zero-order valence-corrected chi connectivity index (χ0v) is 14.9. The van der Waals surface area contributed by atoms with Crippen LogP contribution < -0.4 is 5.73 Å². The van der Waals surface area contributed by atoms with Gasteiger partial charge in [0.1, 0.15) is 0 Å². The molecule has 4 nitrogen and oxygen atoms in total. The molecule has 1 aromatic rings. The van der Waals surface area contributed by atoms with E-state index >= 15 is 0 Å². The van der Waals surface area contributed by atoms with Gasteiger partial charge in [0.2, 0.25) is 5.91 Å². The van der Waals surface area contributed by atoms with Crippen molar-refractivity contribution in [2.45, 2.75) is 25.8 Å². The third-order valence-corrected chi connectivity index (χ3v) is 5.53. The molecule has 0 aliphatic carbocycles. The van der Waals surface area contributed by atoms with Crippen molar-refractivity contribution in [2.24, 2.45) is 11.1 Å². The molecule has 2 N–H and O–H groups in total. The predicted molar refractivity (Wildman–Crippen MR) is 92.1 cm³/mol. The van der Waals surface area contributed by atoms with Crippen LogP contribution in [0.5, 0.6) is 0 Å². The Bertz CT molecular complexity index is 547. The van der Waals surface area contributed by atoms with Crippen LogP contribution in [0.2, 0.25) is 0 Å². The van der Waals surface area contributed by atoms with E-state index in [9.17, 15) is 4.79 Å². The number of rotatable bonds is 2. The van der Waals surface area contributed by atoms with E-state index in [0.717, 1.165) is 30.3 Å². The van der Waals surface area contributed by atoms with Crippen LogP contribution in [0.3, 0.4) is 0 Å². The van der Waals surface area contributed by atoms with E-state index in [4.69, 9.17) is 10.5 Å². The van der Waals surface area contributed by atoms with Gasteiger partial charge >= 0.3 is 0 Å². The number of benzene rings is 1. The van der Waals surface area contributed by atoms with Crippen molar-refractivity contribution in [3.63, 3.8) is 0 Å². The molecule has 2 aliphatic heterocycles. The molecule has 1 fully saturated rings. The van der Waals surface area contributed by atoms with E-state index in [1.165, 1.54) is 11.1 Å². The Labute approximate surface area is 145 Å². The van der Waals surface area contributed by atoms with Gasteiger partial charge in [0.25, 0.3) is 0 Å². The normalized spacial score (nSPS) is 20.0. The Morgan fingerprint density at radius 2 is 2.09 bits per heavy atom. The second-order valence-corrected chi connectivity index (χ2v) is 6.81. The lowest BCUT2D eigenvalue weighted by Gasteiger charge is -2.40. The average Bonchev–Trinajstić information content (AvgIpc) is 2.54. The molecule has 1 amide bonds. The van der Waals surface area contributed by atoms with Crippen molar-refractivity contribution in [1.82, 2.24) is 4.90 Å². The van der Waals surface area contributed by atoms with Crippen molar-refractivity contribution < 1.29 is 9.53 Å². The summed E-state index contributed by atoms with van der Waals surface area (Å²) in [6.07, 6.45) is 2.38. The molecule has 0 aromatic heterocycles. The molecule has 22 heavy (non-hydrogen) atoms. The molecule has 0 radical (unpaired) electrons. The number of nitrogens with zero attached hydrogens (tertiary/aromatic N) is 1. The van der Waals surface area contributed by atoms with Crippen LogP contribution in [0.4, 0.5) is 0 Å². The molecular formula is C16H22BrClN2O2. The third-order valence-electron chi connectivity index (χ3n) is 4.79. The summed E-state index contributed by atoms with van der Waals surface area (Å²) in [4.78, 5) is 15.0. The SMILES string of the molecule is Cl.NCC1(C(=O)N2CCc3c(Br)cccc3C2)CCOCC1. The molecule has 0 bridgehead atoms. The van der Waals surface area contributed by atoms with Crippen LogP contribution >= 0.6 is 28.3 Å². The number of halogens is 2. The number of amides is 1.